The van der Waals surface area contributed by atoms with Crippen LogP contribution in [0.1, 0.15) is 6.92 Å². The van der Waals surface area contributed by atoms with Crippen molar-refractivity contribution in [3.8, 4) is 5.75 Å². The van der Waals surface area contributed by atoms with E-state index in [-0.39, 0.29) is 25.0 Å². The minimum Gasteiger partial charge on any atom is -0.482 e. The summed E-state index contributed by atoms with van der Waals surface area (Å²) in [5.74, 6) is -0.601. The average Bonchev–Trinajstić information content (AvgIpc) is 2.52. The predicted octanol–water partition coefficient (Wildman–Crippen LogP) is 2.54. The number of nitrogens with zero attached hydrogens (tertiary/aromatic N) is 1. The van der Waals surface area contributed by atoms with Gasteiger partial charge in [0.25, 0.3) is 5.91 Å². The fourth-order valence-corrected chi connectivity index (χ4v) is 2.02. The summed E-state index contributed by atoms with van der Waals surface area (Å²) in [7, 11) is 1.32. The largest absolute Gasteiger partial charge is 0.482 e. The maximum atomic E-state index is 12.2. The first-order valence-corrected chi connectivity index (χ1v) is 7.21. The number of para-hydroxylation sites is 1. The van der Waals surface area contributed by atoms with E-state index in [4.69, 9.17) is 16.3 Å². The number of carbonyl (C=O) groups is 2. The van der Waals surface area contributed by atoms with Crippen molar-refractivity contribution in [2.75, 3.05) is 26.8 Å². The summed E-state index contributed by atoms with van der Waals surface area (Å²) < 4.78 is 10.1. The molecule has 0 N–H and O–H groups in total. The van der Waals surface area contributed by atoms with Crippen LogP contribution in [0, 0.1) is 5.92 Å². The van der Waals surface area contributed by atoms with Crippen LogP contribution in [0.2, 0.25) is 5.02 Å². The second-order valence-electron chi connectivity index (χ2n) is 4.73. The van der Waals surface area contributed by atoms with Crippen LogP contribution < -0.4 is 4.74 Å². The molecule has 1 atom stereocenters. The molecule has 6 heteroatoms. The zero-order valence-corrected chi connectivity index (χ0v) is 13.5. The molecule has 1 unspecified atom stereocenters. The van der Waals surface area contributed by atoms with Crippen LogP contribution in [-0.2, 0) is 14.3 Å². The van der Waals surface area contributed by atoms with Gasteiger partial charge in [0.15, 0.2) is 6.61 Å². The Balaban J connectivity index is 2.63. The SMILES string of the molecule is C=CCN(CC(C)C(=O)OC)C(=O)COc1ccccc1Cl. The number of benzene rings is 1. The Hall–Kier alpha value is -2.01. The van der Waals surface area contributed by atoms with Gasteiger partial charge in [0.1, 0.15) is 5.75 Å². The maximum absolute atomic E-state index is 12.2. The molecule has 0 aliphatic rings. The number of carbonyl (C=O) groups excluding carboxylic acids is 2. The van der Waals surface area contributed by atoms with Gasteiger partial charge in [-0.25, -0.2) is 0 Å². The molecule has 0 saturated heterocycles. The molecule has 1 aromatic rings. The number of ether oxygens (including phenoxy) is 2. The Morgan fingerprint density at radius 1 is 1.41 bits per heavy atom. The third-order valence-electron chi connectivity index (χ3n) is 2.99. The lowest BCUT2D eigenvalue weighted by molar-refractivity contribution is -0.146. The zero-order chi connectivity index (χ0) is 16.5. The second kappa shape index (κ2) is 9.10. The Morgan fingerprint density at radius 2 is 2.09 bits per heavy atom. The monoisotopic (exact) mass is 325 g/mol. The molecule has 5 nitrogen and oxygen atoms in total. The normalized spacial score (nSPS) is 11.4. The number of hydrogen-bond acceptors (Lipinski definition) is 4. The molecule has 0 heterocycles. The molecule has 0 radical (unpaired) electrons. The van der Waals surface area contributed by atoms with Gasteiger partial charge in [-0.05, 0) is 12.1 Å². The summed E-state index contributed by atoms with van der Waals surface area (Å²) in [5.41, 5.74) is 0. The fraction of sp³-hybridized carbons (Fsp3) is 0.375. The van der Waals surface area contributed by atoms with Crippen LogP contribution in [0.5, 0.6) is 5.75 Å². The highest BCUT2D eigenvalue weighted by Gasteiger charge is 2.21. The van der Waals surface area contributed by atoms with Crippen molar-refractivity contribution in [3.63, 3.8) is 0 Å². The van der Waals surface area contributed by atoms with Gasteiger partial charge in [0, 0.05) is 13.1 Å². The van der Waals surface area contributed by atoms with Crippen LogP contribution in [0.25, 0.3) is 0 Å². The van der Waals surface area contributed by atoms with Gasteiger partial charge in [-0.15, -0.1) is 6.58 Å². The van der Waals surface area contributed by atoms with Crippen molar-refractivity contribution < 1.29 is 19.1 Å². The van der Waals surface area contributed by atoms with Crippen molar-refractivity contribution in [2.24, 2.45) is 5.92 Å². The standard InChI is InChI=1S/C16H20ClNO4/c1-4-9-18(10-12(2)16(20)21-3)15(19)11-22-14-8-6-5-7-13(14)17/h4-8,12H,1,9-11H2,2-3H3. The summed E-state index contributed by atoms with van der Waals surface area (Å²) in [6.07, 6.45) is 1.59. The van der Waals surface area contributed by atoms with E-state index in [9.17, 15) is 9.59 Å². The lowest BCUT2D eigenvalue weighted by Crippen LogP contribution is -2.40. The molecule has 1 amide bonds. The Labute approximate surface area is 135 Å². The molecular formula is C16H20ClNO4. The highest BCUT2D eigenvalue weighted by Crippen LogP contribution is 2.23. The number of amides is 1. The van der Waals surface area contributed by atoms with Crippen molar-refractivity contribution in [3.05, 3.63) is 41.9 Å². The molecule has 0 aromatic heterocycles. The average molecular weight is 326 g/mol. The molecule has 22 heavy (non-hydrogen) atoms. The van der Waals surface area contributed by atoms with Crippen molar-refractivity contribution in [1.82, 2.24) is 4.90 Å². The number of esters is 1. The Bertz CT molecular complexity index is 533. The maximum Gasteiger partial charge on any atom is 0.310 e. The van der Waals surface area contributed by atoms with Crippen LogP contribution >= 0.6 is 11.6 Å². The van der Waals surface area contributed by atoms with E-state index < -0.39 is 5.92 Å². The molecule has 0 bridgehead atoms. The Morgan fingerprint density at radius 3 is 2.68 bits per heavy atom. The first-order chi connectivity index (χ1) is 10.5. The van der Waals surface area contributed by atoms with E-state index in [1.54, 1.807) is 37.3 Å². The van der Waals surface area contributed by atoms with Gasteiger partial charge in [0.05, 0.1) is 18.1 Å². The number of rotatable bonds is 8. The van der Waals surface area contributed by atoms with Gasteiger partial charge < -0.3 is 14.4 Å². The molecule has 0 fully saturated rings. The van der Waals surface area contributed by atoms with Gasteiger partial charge >= 0.3 is 5.97 Å². The zero-order valence-electron chi connectivity index (χ0n) is 12.8. The van der Waals surface area contributed by atoms with Crippen molar-refractivity contribution in [2.45, 2.75) is 6.92 Å². The second-order valence-corrected chi connectivity index (χ2v) is 5.14. The fourth-order valence-electron chi connectivity index (χ4n) is 1.83. The summed E-state index contributed by atoms with van der Waals surface area (Å²) in [6, 6.07) is 6.92. The van der Waals surface area contributed by atoms with Gasteiger partial charge in [0.2, 0.25) is 0 Å². The van der Waals surface area contributed by atoms with E-state index in [0.717, 1.165) is 0 Å². The van der Waals surface area contributed by atoms with Gasteiger partial charge in [-0.1, -0.05) is 36.7 Å². The number of hydrogen-bond donors (Lipinski definition) is 0. The first kappa shape index (κ1) is 18.0. The number of halogens is 1. The highest BCUT2D eigenvalue weighted by atomic mass is 35.5. The van der Waals surface area contributed by atoms with Crippen LogP contribution in [-0.4, -0.2) is 43.6 Å². The van der Waals surface area contributed by atoms with Crippen molar-refractivity contribution in [1.29, 1.82) is 0 Å². The third kappa shape index (κ3) is 5.41. The first-order valence-electron chi connectivity index (χ1n) is 6.83. The lowest BCUT2D eigenvalue weighted by Gasteiger charge is -2.23. The van der Waals surface area contributed by atoms with E-state index in [2.05, 4.69) is 11.3 Å². The third-order valence-corrected chi connectivity index (χ3v) is 3.30. The summed E-state index contributed by atoms with van der Waals surface area (Å²) in [4.78, 5) is 25.2. The van der Waals surface area contributed by atoms with Crippen LogP contribution in [0.3, 0.4) is 0 Å². The molecule has 120 valence electrons. The molecular weight excluding hydrogens is 306 g/mol. The van der Waals surface area contributed by atoms with Crippen LogP contribution in [0.15, 0.2) is 36.9 Å². The molecule has 0 aliphatic carbocycles. The quantitative estimate of drug-likeness (QED) is 0.544. The predicted molar refractivity (Wildman–Crippen MR) is 84.9 cm³/mol. The molecule has 0 aliphatic heterocycles. The molecule has 0 spiro atoms. The highest BCUT2D eigenvalue weighted by molar-refractivity contribution is 6.32. The van der Waals surface area contributed by atoms with E-state index in [1.807, 2.05) is 0 Å². The minimum absolute atomic E-state index is 0.161. The van der Waals surface area contributed by atoms with E-state index in [0.29, 0.717) is 17.3 Å². The van der Waals surface area contributed by atoms with Crippen molar-refractivity contribution >= 4 is 23.5 Å². The topological polar surface area (TPSA) is 55.8 Å². The lowest BCUT2D eigenvalue weighted by atomic mass is 10.1. The van der Waals surface area contributed by atoms with Gasteiger partial charge in [-0.3, -0.25) is 9.59 Å². The van der Waals surface area contributed by atoms with Crippen LogP contribution in [0.4, 0.5) is 0 Å². The summed E-state index contributed by atoms with van der Waals surface area (Å²) in [5, 5.41) is 0.438. The molecule has 1 rings (SSSR count). The Kier molecular flexibility index (Phi) is 7.46. The number of methoxy groups -OCH3 is 1. The molecule has 0 saturated carbocycles. The molecule has 1 aromatic carbocycles. The van der Waals surface area contributed by atoms with E-state index >= 15 is 0 Å². The smallest absolute Gasteiger partial charge is 0.310 e. The summed E-state index contributed by atoms with van der Waals surface area (Å²) >= 11 is 5.97. The minimum atomic E-state index is -0.422. The van der Waals surface area contributed by atoms with Gasteiger partial charge in [-0.2, -0.15) is 0 Å². The summed E-state index contributed by atoms with van der Waals surface area (Å²) in [6.45, 7) is 5.72. The van der Waals surface area contributed by atoms with E-state index in [1.165, 1.54) is 12.0 Å².